The van der Waals surface area contributed by atoms with E-state index >= 15 is 0 Å². The van der Waals surface area contributed by atoms with Crippen molar-refractivity contribution in [2.45, 2.75) is 31.6 Å². The lowest BCUT2D eigenvalue weighted by atomic mass is 9.97. The Kier molecular flexibility index (Phi) is 6.94. The van der Waals surface area contributed by atoms with Gasteiger partial charge in [0.1, 0.15) is 0 Å². The number of rotatable bonds is 5. The number of aryl methyl sites for hydroxylation is 2. The Morgan fingerprint density at radius 3 is 2.93 bits per heavy atom. The number of halogens is 1. The van der Waals surface area contributed by atoms with Gasteiger partial charge in [-0.05, 0) is 49.9 Å². The smallest absolute Gasteiger partial charge is 0.232 e. The Bertz CT molecular complexity index is 827. The first-order valence-corrected chi connectivity index (χ1v) is 11.5. The van der Waals surface area contributed by atoms with E-state index in [0.717, 1.165) is 39.9 Å². The van der Waals surface area contributed by atoms with Crippen molar-refractivity contribution in [3.63, 3.8) is 0 Å². The van der Waals surface area contributed by atoms with Gasteiger partial charge in [0, 0.05) is 34.0 Å². The van der Waals surface area contributed by atoms with Crippen LogP contribution in [0.25, 0.3) is 0 Å². The number of hydrogen-bond donors (Lipinski definition) is 1. The van der Waals surface area contributed by atoms with Crippen molar-refractivity contribution in [2.24, 2.45) is 5.92 Å². The third kappa shape index (κ3) is 5.33. The fourth-order valence-electron chi connectivity index (χ4n) is 3.05. The molecule has 1 N–H and O–H groups in total. The molecule has 144 valence electrons. The first kappa shape index (κ1) is 20.4. The number of thioether (sulfide) groups is 1. The molecule has 0 aliphatic carbocycles. The summed E-state index contributed by atoms with van der Waals surface area (Å²) in [6.45, 7) is 5.30. The number of carbonyl (C=O) groups excluding carboxylic acids is 2. The number of carbonyl (C=O) groups is 2. The van der Waals surface area contributed by atoms with Crippen LogP contribution in [0.2, 0.25) is 0 Å². The molecule has 2 heterocycles. The number of nitrogens with zero attached hydrogens (tertiary/aromatic N) is 2. The first-order chi connectivity index (χ1) is 12.9. The molecule has 3 rings (SSSR count). The van der Waals surface area contributed by atoms with Gasteiger partial charge in [0.05, 0.1) is 11.7 Å². The summed E-state index contributed by atoms with van der Waals surface area (Å²) >= 11 is 6.50. The number of anilines is 1. The summed E-state index contributed by atoms with van der Waals surface area (Å²) in [4.78, 5) is 32.1. The molecule has 1 aromatic carbocycles. The minimum absolute atomic E-state index is 0.0468. The second kappa shape index (κ2) is 9.21. The molecule has 1 saturated heterocycles. The van der Waals surface area contributed by atoms with Crippen LogP contribution in [0.5, 0.6) is 0 Å². The molecule has 0 saturated carbocycles. The molecule has 1 fully saturated rings. The molecule has 8 heteroatoms. The van der Waals surface area contributed by atoms with Crippen molar-refractivity contribution in [1.29, 1.82) is 0 Å². The zero-order chi connectivity index (χ0) is 19.4. The van der Waals surface area contributed by atoms with Crippen LogP contribution in [0.4, 0.5) is 5.13 Å². The molecule has 1 aromatic heterocycles. The van der Waals surface area contributed by atoms with Crippen molar-refractivity contribution in [3.8, 4) is 0 Å². The van der Waals surface area contributed by atoms with Crippen LogP contribution in [0, 0.1) is 19.8 Å². The van der Waals surface area contributed by atoms with Crippen LogP contribution >= 0.6 is 39.0 Å². The van der Waals surface area contributed by atoms with Crippen LogP contribution in [0.1, 0.15) is 24.0 Å². The van der Waals surface area contributed by atoms with Crippen molar-refractivity contribution in [3.05, 3.63) is 39.3 Å². The van der Waals surface area contributed by atoms with E-state index in [4.69, 9.17) is 0 Å². The molecular weight excluding hydrogens is 446 g/mol. The molecule has 1 aliphatic rings. The Hall–Kier alpha value is -1.38. The number of likely N-dealkylation sites (tertiary alicyclic amines) is 1. The van der Waals surface area contributed by atoms with E-state index in [1.165, 1.54) is 11.3 Å². The lowest BCUT2D eigenvalue weighted by Crippen LogP contribution is -2.44. The minimum atomic E-state index is -0.173. The summed E-state index contributed by atoms with van der Waals surface area (Å²) < 4.78 is 1.08. The van der Waals surface area contributed by atoms with Crippen LogP contribution in [-0.4, -0.2) is 40.5 Å². The zero-order valence-corrected chi connectivity index (χ0v) is 18.5. The largest absolute Gasteiger partial charge is 0.341 e. The lowest BCUT2D eigenvalue weighted by molar-refractivity contribution is -0.132. The highest BCUT2D eigenvalue weighted by Crippen LogP contribution is 2.29. The molecule has 1 atom stereocenters. The predicted molar refractivity (Wildman–Crippen MR) is 114 cm³/mol. The van der Waals surface area contributed by atoms with Gasteiger partial charge in [-0.15, -0.1) is 23.1 Å². The fourth-order valence-corrected chi connectivity index (χ4v) is 5.05. The number of thiazole rings is 1. The summed E-state index contributed by atoms with van der Waals surface area (Å²) in [6.07, 6.45) is 3.32. The number of aromatic nitrogens is 1. The topological polar surface area (TPSA) is 62.3 Å². The van der Waals surface area contributed by atoms with E-state index in [1.54, 1.807) is 18.0 Å². The average Bonchev–Trinajstić information content (AvgIpc) is 3.16. The van der Waals surface area contributed by atoms with Gasteiger partial charge in [0.2, 0.25) is 11.8 Å². The summed E-state index contributed by atoms with van der Waals surface area (Å²) in [6, 6.07) is 4.19. The monoisotopic (exact) mass is 467 g/mol. The summed E-state index contributed by atoms with van der Waals surface area (Å²) in [7, 11) is 0. The Balaban J connectivity index is 1.55. The quantitative estimate of drug-likeness (QED) is 0.657. The third-order valence-electron chi connectivity index (χ3n) is 4.61. The highest BCUT2D eigenvalue weighted by molar-refractivity contribution is 9.10. The van der Waals surface area contributed by atoms with E-state index in [9.17, 15) is 9.59 Å². The first-order valence-electron chi connectivity index (χ1n) is 8.81. The van der Waals surface area contributed by atoms with Gasteiger partial charge in [-0.25, -0.2) is 4.98 Å². The van der Waals surface area contributed by atoms with E-state index in [2.05, 4.69) is 45.3 Å². The number of benzene rings is 1. The van der Waals surface area contributed by atoms with Gasteiger partial charge < -0.3 is 10.2 Å². The van der Waals surface area contributed by atoms with E-state index in [1.807, 2.05) is 17.2 Å². The van der Waals surface area contributed by atoms with Gasteiger partial charge in [0.25, 0.3) is 0 Å². The molecule has 0 radical (unpaired) electrons. The van der Waals surface area contributed by atoms with E-state index < -0.39 is 0 Å². The Morgan fingerprint density at radius 1 is 1.37 bits per heavy atom. The maximum absolute atomic E-state index is 12.7. The van der Waals surface area contributed by atoms with Gasteiger partial charge in [-0.2, -0.15) is 0 Å². The predicted octanol–water partition coefficient (Wildman–Crippen LogP) is 4.49. The highest BCUT2D eigenvalue weighted by Gasteiger charge is 2.28. The molecular formula is C19H22BrN3O2S2. The third-order valence-corrected chi connectivity index (χ3v) is 7.30. The summed E-state index contributed by atoms with van der Waals surface area (Å²) in [5.41, 5.74) is 2.32. The summed E-state index contributed by atoms with van der Waals surface area (Å²) in [5, 5.41) is 5.29. The normalized spacial score (nSPS) is 17.0. The molecule has 2 aromatic rings. The van der Waals surface area contributed by atoms with Crippen LogP contribution in [-0.2, 0) is 9.59 Å². The van der Waals surface area contributed by atoms with Crippen LogP contribution in [0.3, 0.4) is 0 Å². The van der Waals surface area contributed by atoms with Crippen LogP contribution in [0.15, 0.2) is 33.1 Å². The van der Waals surface area contributed by atoms with Gasteiger partial charge in [-0.1, -0.05) is 15.9 Å². The number of piperidine rings is 1. The minimum Gasteiger partial charge on any atom is -0.341 e. The molecule has 0 bridgehead atoms. The Labute approximate surface area is 176 Å². The molecule has 1 unspecified atom stereocenters. The zero-order valence-electron chi connectivity index (χ0n) is 15.3. The fraction of sp³-hybridized carbons (Fsp3) is 0.421. The molecule has 2 amide bonds. The van der Waals surface area contributed by atoms with Gasteiger partial charge >= 0.3 is 0 Å². The van der Waals surface area contributed by atoms with E-state index in [0.29, 0.717) is 17.4 Å². The van der Waals surface area contributed by atoms with Crippen molar-refractivity contribution in [2.75, 3.05) is 24.2 Å². The molecule has 1 aliphatic heterocycles. The van der Waals surface area contributed by atoms with Crippen LogP contribution < -0.4 is 5.32 Å². The lowest BCUT2D eigenvalue weighted by Gasteiger charge is -2.32. The number of hydrogen-bond acceptors (Lipinski definition) is 5. The Morgan fingerprint density at radius 2 is 2.19 bits per heavy atom. The summed E-state index contributed by atoms with van der Waals surface area (Å²) in [5.74, 6) is 0.261. The number of nitrogens with one attached hydrogen (secondary N) is 1. The second-order valence-corrected chi connectivity index (χ2v) is 9.43. The molecule has 27 heavy (non-hydrogen) atoms. The van der Waals surface area contributed by atoms with E-state index in [-0.39, 0.29) is 17.7 Å². The number of amides is 2. The molecule has 5 nitrogen and oxygen atoms in total. The maximum atomic E-state index is 12.7. The van der Waals surface area contributed by atoms with Crippen molar-refractivity contribution < 1.29 is 9.59 Å². The van der Waals surface area contributed by atoms with Gasteiger partial charge in [-0.3, -0.25) is 9.59 Å². The van der Waals surface area contributed by atoms with Crippen molar-refractivity contribution >= 4 is 56.0 Å². The SMILES string of the molecule is Cc1cc(SCC(=O)N2CCCC(C(=O)Nc3nccs3)C2)c(C)cc1Br. The second-order valence-electron chi connectivity index (χ2n) is 6.66. The van der Waals surface area contributed by atoms with Crippen molar-refractivity contribution in [1.82, 2.24) is 9.88 Å². The van der Waals surface area contributed by atoms with Gasteiger partial charge in [0.15, 0.2) is 5.13 Å². The molecule has 0 spiro atoms. The maximum Gasteiger partial charge on any atom is 0.232 e. The highest BCUT2D eigenvalue weighted by atomic mass is 79.9. The average molecular weight is 468 g/mol. The standard InChI is InChI=1S/C19H22BrN3O2S2/c1-12-9-16(13(2)8-15(12)20)27-11-17(24)23-6-3-4-14(10-23)18(25)22-19-21-5-7-26-19/h5,7-9,14H,3-4,6,10-11H2,1-2H3,(H,21,22,25).